The van der Waals surface area contributed by atoms with E-state index >= 15 is 0 Å². The minimum atomic E-state index is -0.246. The molecule has 0 aromatic carbocycles. The van der Waals surface area contributed by atoms with E-state index in [4.69, 9.17) is 12.2 Å². The summed E-state index contributed by atoms with van der Waals surface area (Å²) in [6.07, 6.45) is 0. The standard InChI is InChI=1S/C7H13NO2S2/c1-5(6(9)10-4)12-7(11)8(2)3/h5H,1-4H3. The summed E-state index contributed by atoms with van der Waals surface area (Å²) in [5.74, 6) is -0.246. The van der Waals surface area contributed by atoms with Crippen LogP contribution in [0.4, 0.5) is 0 Å². The fourth-order valence-corrected chi connectivity index (χ4v) is 1.61. The van der Waals surface area contributed by atoms with Crippen LogP contribution >= 0.6 is 24.0 Å². The molecule has 0 aliphatic rings. The van der Waals surface area contributed by atoms with E-state index in [2.05, 4.69) is 4.74 Å². The summed E-state index contributed by atoms with van der Waals surface area (Å²) in [5, 5.41) is -0.232. The highest BCUT2D eigenvalue weighted by atomic mass is 32.2. The zero-order valence-corrected chi connectivity index (χ0v) is 9.29. The van der Waals surface area contributed by atoms with Crippen molar-refractivity contribution in [2.75, 3.05) is 21.2 Å². The highest BCUT2D eigenvalue weighted by Crippen LogP contribution is 2.15. The third-order valence-corrected chi connectivity index (χ3v) is 2.94. The molecule has 0 aromatic heterocycles. The Bertz CT molecular complexity index is 182. The highest BCUT2D eigenvalue weighted by molar-refractivity contribution is 8.23. The Hall–Kier alpha value is -0.290. The molecule has 0 rings (SSSR count). The molecule has 0 aliphatic carbocycles. The van der Waals surface area contributed by atoms with Crippen LogP contribution in [0.15, 0.2) is 0 Å². The second-order valence-electron chi connectivity index (χ2n) is 2.44. The molecule has 0 spiro atoms. The van der Waals surface area contributed by atoms with E-state index in [1.54, 1.807) is 11.8 Å². The fraction of sp³-hybridized carbons (Fsp3) is 0.714. The Morgan fingerprint density at radius 1 is 1.58 bits per heavy atom. The van der Waals surface area contributed by atoms with Crippen molar-refractivity contribution in [1.29, 1.82) is 0 Å². The van der Waals surface area contributed by atoms with Crippen LogP contribution in [-0.4, -0.2) is 41.6 Å². The molecule has 3 nitrogen and oxygen atoms in total. The first-order chi connectivity index (χ1) is 5.49. The van der Waals surface area contributed by atoms with Crippen LogP contribution in [0.3, 0.4) is 0 Å². The maximum Gasteiger partial charge on any atom is 0.318 e. The second kappa shape index (κ2) is 5.37. The predicted octanol–water partition coefficient (Wildman–Crippen LogP) is 1.13. The lowest BCUT2D eigenvalue weighted by Gasteiger charge is -2.15. The van der Waals surface area contributed by atoms with Crippen LogP contribution in [-0.2, 0) is 9.53 Å². The zero-order valence-electron chi connectivity index (χ0n) is 7.66. The lowest BCUT2D eigenvalue weighted by atomic mass is 10.5. The summed E-state index contributed by atoms with van der Waals surface area (Å²) in [6, 6.07) is 0. The number of hydrogen-bond donors (Lipinski definition) is 0. The van der Waals surface area contributed by atoms with Gasteiger partial charge < -0.3 is 9.64 Å². The van der Waals surface area contributed by atoms with Gasteiger partial charge in [0.05, 0.1) is 7.11 Å². The van der Waals surface area contributed by atoms with Gasteiger partial charge in [0.1, 0.15) is 9.57 Å². The summed E-state index contributed by atoms with van der Waals surface area (Å²) in [4.78, 5) is 12.7. The smallest absolute Gasteiger partial charge is 0.318 e. The normalized spacial score (nSPS) is 12.0. The number of ether oxygens (including phenoxy) is 1. The number of thioether (sulfide) groups is 1. The van der Waals surface area contributed by atoms with E-state index in [1.807, 2.05) is 14.1 Å². The molecule has 0 aliphatic heterocycles. The van der Waals surface area contributed by atoms with Crippen LogP contribution < -0.4 is 0 Å². The van der Waals surface area contributed by atoms with E-state index in [-0.39, 0.29) is 11.2 Å². The van der Waals surface area contributed by atoms with Gasteiger partial charge in [-0.2, -0.15) is 0 Å². The molecule has 0 amide bonds. The SMILES string of the molecule is COC(=O)C(C)SC(=S)N(C)C. The number of esters is 1. The summed E-state index contributed by atoms with van der Waals surface area (Å²) < 4.78 is 5.24. The lowest BCUT2D eigenvalue weighted by molar-refractivity contribution is -0.139. The number of thiocarbonyl (C=S) groups is 1. The van der Waals surface area contributed by atoms with Crippen LogP contribution in [0.1, 0.15) is 6.92 Å². The fourth-order valence-electron chi connectivity index (χ4n) is 0.471. The van der Waals surface area contributed by atoms with Gasteiger partial charge in [-0.1, -0.05) is 24.0 Å². The first-order valence-electron chi connectivity index (χ1n) is 3.44. The van der Waals surface area contributed by atoms with Crippen molar-refractivity contribution in [3.63, 3.8) is 0 Å². The third kappa shape index (κ3) is 3.92. The monoisotopic (exact) mass is 207 g/mol. The summed E-state index contributed by atoms with van der Waals surface area (Å²) in [7, 11) is 5.07. The van der Waals surface area contributed by atoms with Gasteiger partial charge in [0, 0.05) is 14.1 Å². The molecular formula is C7H13NO2S2. The second-order valence-corrected chi connectivity index (χ2v) is 4.42. The number of carbonyl (C=O) groups excluding carboxylic acids is 1. The number of rotatable bonds is 2. The van der Waals surface area contributed by atoms with E-state index in [0.29, 0.717) is 4.32 Å². The Morgan fingerprint density at radius 3 is 2.42 bits per heavy atom. The number of carbonyl (C=O) groups is 1. The summed E-state index contributed by atoms with van der Waals surface area (Å²) >= 11 is 6.33. The van der Waals surface area contributed by atoms with Gasteiger partial charge in [-0.25, -0.2) is 0 Å². The third-order valence-electron chi connectivity index (χ3n) is 1.18. The summed E-state index contributed by atoms with van der Waals surface area (Å²) in [5.41, 5.74) is 0. The first-order valence-corrected chi connectivity index (χ1v) is 4.73. The van der Waals surface area contributed by atoms with Crippen molar-refractivity contribution < 1.29 is 9.53 Å². The molecule has 12 heavy (non-hydrogen) atoms. The average Bonchev–Trinajstić information content (AvgIpc) is 2.02. The molecule has 0 saturated heterocycles. The molecule has 0 heterocycles. The van der Waals surface area contributed by atoms with Crippen molar-refractivity contribution in [1.82, 2.24) is 4.90 Å². The zero-order chi connectivity index (χ0) is 9.72. The van der Waals surface area contributed by atoms with Gasteiger partial charge in [-0.05, 0) is 6.92 Å². The van der Waals surface area contributed by atoms with Crippen molar-refractivity contribution >= 4 is 34.3 Å². The van der Waals surface area contributed by atoms with Crippen molar-refractivity contribution in [3.8, 4) is 0 Å². The maximum absolute atomic E-state index is 10.9. The lowest BCUT2D eigenvalue weighted by Crippen LogP contribution is -2.23. The molecule has 70 valence electrons. The highest BCUT2D eigenvalue weighted by Gasteiger charge is 2.16. The number of methoxy groups -OCH3 is 1. The Kier molecular flexibility index (Phi) is 5.24. The molecule has 0 radical (unpaired) electrons. The molecule has 5 heteroatoms. The molecule has 1 unspecified atom stereocenters. The maximum atomic E-state index is 10.9. The van der Waals surface area contributed by atoms with Gasteiger partial charge in [0.25, 0.3) is 0 Å². The van der Waals surface area contributed by atoms with Crippen LogP contribution in [0, 0.1) is 0 Å². The molecule has 1 atom stereocenters. The molecule has 0 fully saturated rings. The quantitative estimate of drug-likeness (QED) is 0.500. The van der Waals surface area contributed by atoms with Crippen molar-refractivity contribution in [2.24, 2.45) is 0 Å². The van der Waals surface area contributed by atoms with Crippen LogP contribution in [0.5, 0.6) is 0 Å². The Labute approximate surface area is 82.4 Å². The van der Waals surface area contributed by atoms with Crippen LogP contribution in [0.2, 0.25) is 0 Å². The number of nitrogens with zero attached hydrogens (tertiary/aromatic N) is 1. The number of hydrogen-bond acceptors (Lipinski definition) is 4. The molecule has 0 saturated carbocycles. The van der Waals surface area contributed by atoms with E-state index in [1.165, 1.54) is 18.9 Å². The Balaban J connectivity index is 3.92. The van der Waals surface area contributed by atoms with Gasteiger partial charge in [0.2, 0.25) is 0 Å². The van der Waals surface area contributed by atoms with Gasteiger partial charge in [-0.3, -0.25) is 4.79 Å². The minimum Gasteiger partial charge on any atom is -0.468 e. The average molecular weight is 207 g/mol. The van der Waals surface area contributed by atoms with Gasteiger partial charge in [-0.15, -0.1) is 0 Å². The predicted molar refractivity (Wildman–Crippen MR) is 55.4 cm³/mol. The minimum absolute atomic E-state index is 0.232. The van der Waals surface area contributed by atoms with Crippen molar-refractivity contribution in [2.45, 2.75) is 12.2 Å². The topological polar surface area (TPSA) is 29.5 Å². The van der Waals surface area contributed by atoms with Crippen LogP contribution in [0.25, 0.3) is 0 Å². The van der Waals surface area contributed by atoms with E-state index < -0.39 is 0 Å². The van der Waals surface area contributed by atoms with Crippen molar-refractivity contribution in [3.05, 3.63) is 0 Å². The van der Waals surface area contributed by atoms with E-state index in [0.717, 1.165) is 0 Å². The van der Waals surface area contributed by atoms with Gasteiger partial charge >= 0.3 is 5.97 Å². The summed E-state index contributed by atoms with van der Waals surface area (Å²) in [6.45, 7) is 1.77. The largest absolute Gasteiger partial charge is 0.468 e. The molecule has 0 N–H and O–H groups in total. The van der Waals surface area contributed by atoms with E-state index in [9.17, 15) is 4.79 Å². The Morgan fingerprint density at radius 2 is 2.08 bits per heavy atom. The van der Waals surface area contributed by atoms with Gasteiger partial charge in [0.15, 0.2) is 0 Å². The molecule has 0 aromatic rings. The first kappa shape index (κ1) is 11.7. The molecule has 0 bridgehead atoms. The molecular weight excluding hydrogens is 194 g/mol.